The van der Waals surface area contributed by atoms with Gasteiger partial charge in [0.15, 0.2) is 0 Å². The molecule has 1 heterocycles. The normalized spacial score (nSPS) is 11.3. The Bertz CT molecular complexity index is 349. The summed E-state index contributed by atoms with van der Waals surface area (Å²) >= 11 is 0. The highest BCUT2D eigenvalue weighted by Crippen LogP contribution is 2.15. The monoisotopic (exact) mass is 265 g/mol. The molecule has 0 bridgehead atoms. The van der Waals surface area contributed by atoms with E-state index in [-0.39, 0.29) is 6.61 Å². The third kappa shape index (κ3) is 5.57. The SMILES string of the molecule is CC(C)NCc1ccc(N(CCCO)C(C)C)nc1. The Balaban J connectivity index is 2.66. The number of aliphatic hydroxyl groups excluding tert-OH is 1. The molecule has 0 aliphatic carbocycles. The molecule has 0 saturated carbocycles. The van der Waals surface area contributed by atoms with Crippen LogP contribution >= 0.6 is 0 Å². The Morgan fingerprint density at radius 2 is 2.00 bits per heavy atom. The molecule has 0 aliphatic heterocycles. The second-order valence-corrected chi connectivity index (χ2v) is 5.42. The Morgan fingerprint density at radius 1 is 1.26 bits per heavy atom. The van der Waals surface area contributed by atoms with Crippen LogP contribution in [0.2, 0.25) is 0 Å². The second kappa shape index (κ2) is 8.12. The first kappa shape index (κ1) is 15.9. The molecule has 0 atom stereocenters. The molecule has 19 heavy (non-hydrogen) atoms. The lowest BCUT2D eigenvalue weighted by Gasteiger charge is -2.27. The van der Waals surface area contributed by atoms with Crippen molar-refractivity contribution < 1.29 is 5.11 Å². The van der Waals surface area contributed by atoms with E-state index in [2.05, 4.69) is 55.0 Å². The summed E-state index contributed by atoms with van der Waals surface area (Å²) in [5.74, 6) is 0.983. The summed E-state index contributed by atoms with van der Waals surface area (Å²) < 4.78 is 0. The third-order valence-electron chi connectivity index (χ3n) is 3.00. The maximum Gasteiger partial charge on any atom is 0.128 e. The van der Waals surface area contributed by atoms with Gasteiger partial charge in [0.25, 0.3) is 0 Å². The molecule has 1 aromatic heterocycles. The van der Waals surface area contributed by atoms with Crippen molar-refractivity contribution in [1.82, 2.24) is 10.3 Å². The number of nitrogens with zero attached hydrogens (tertiary/aromatic N) is 2. The molecular formula is C15H27N3O. The van der Waals surface area contributed by atoms with Crippen molar-refractivity contribution in [2.45, 2.75) is 52.7 Å². The fraction of sp³-hybridized carbons (Fsp3) is 0.667. The molecule has 0 fully saturated rings. The number of pyridine rings is 1. The number of nitrogens with one attached hydrogen (secondary N) is 1. The Morgan fingerprint density at radius 3 is 2.47 bits per heavy atom. The molecule has 0 unspecified atom stereocenters. The number of anilines is 1. The van der Waals surface area contributed by atoms with Gasteiger partial charge < -0.3 is 15.3 Å². The van der Waals surface area contributed by atoms with Crippen molar-refractivity contribution in [2.24, 2.45) is 0 Å². The van der Waals surface area contributed by atoms with Crippen LogP contribution in [0.15, 0.2) is 18.3 Å². The minimum atomic E-state index is 0.222. The van der Waals surface area contributed by atoms with Gasteiger partial charge >= 0.3 is 0 Å². The number of hydrogen-bond acceptors (Lipinski definition) is 4. The van der Waals surface area contributed by atoms with Crippen LogP contribution in [0, 0.1) is 0 Å². The first-order valence-corrected chi connectivity index (χ1v) is 7.10. The molecule has 0 saturated heterocycles. The summed E-state index contributed by atoms with van der Waals surface area (Å²) in [5.41, 5.74) is 1.20. The number of aromatic nitrogens is 1. The largest absolute Gasteiger partial charge is 0.396 e. The zero-order valence-electron chi connectivity index (χ0n) is 12.6. The van der Waals surface area contributed by atoms with Crippen molar-refractivity contribution in [3.8, 4) is 0 Å². The van der Waals surface area contributed by atoms with Crippen molar-refractivity contribution in [3.05, 3.63) is 23.9 Å². The lowest BCUT2D eigenvalue weighted by Crippen LogP contribution is -2.33. The van der Waals surface area contributed by atoms with E-state index in [1.54, 1.807) is 0 Å². The van der Waals surface area contributed by atoms with Gasteiger partial charge in [0.1, 0.15) is 5.82 Å². The maximum absolute atomic E-state index is 8.95. The molecule has 4 heteroatoms. The predicted octanol–water partition coefficient (Wildman–Crippen LogP) is 2.18. The van der Waals surface area contributed by atoms with Crippen LogP contribution in [-0.2, 0) is 6.54 Å². The molecule has 0 radical (unpaired) electrons. The van der Waals surface area contributed by atoms with Gasteiger partial charge in [0, 0.05) is 38.0 Å². The molecule has 0 aliphatic rings. The van der Waals surface area contributed by atoms with Gasteiger partial charge in [-0.15, -0.1) is 0 Å². The molecular weight excluding hydrogens is 238 g/mol. The second-order valence-electron chi connectivity index (χ2n) is 5.42. The quantitative estimate of drug-likeness (QED) is 0.756. The molecule has 2 N–H and O–H groups in total. The van der Waals surface area contributed by atoms with E-state index < -0.39 is 0 Å². The topological polar surface area (TPSA) is 48.4 Å². The van der Waals surface area contributed by atoms with Crippen LogP contribution in [-0.4, -0.2) is 35.3 Å². The summed E-state index contributed by atoms with van der Waals surface area (Å²) in [6.07, 6.45) is 2.70. The summed E-state index contributed by atoms with van der Waals surface area (Å²) in [4.78, 5) is 6.75. The standard InChI is InChI=1S/C15H27N3O/c1-12(2)16-10-14-6-7-15(17-11-14)18(13(3)4)8-5-9-19/h6-7,11-13,16,19H,5,8-10H2,1-4H3. The highest BCUT2D eigenvalue weighted by atomic mass is 16.3. The summed E-state index contributed by atoms with van der Waals surface area (Å²) in [6.45, 7) is 10.5. The van der Waals surface area contributed by atoms with Crippen molar-refractivity contribution in [2.75, 3.05) is 18.1 Å². The van der Waals surface area contributed by atoms with Crippen LogP contribution in [0.25, 0.3) is 0 Å². The van der Waals surface area contributed by atoms with Gasteiger partial charge in [-0.1, -0.05) is 19.9 Å². The average Bonchev–Trinajstić information content (AvgIpc) is 2.37. The van der Waals surface area contributed by atoms with E-state index in [1.165, 1.54) is 5.56 Å². The van der Waals surface area contributed by atoms with Crippen LogP contribution in [0.3, 0.4) is 0 Å². The number of hydrogen-bond donors (Lipinski definition) is 2. The molecule has 0 amide bonds. The highest BCUT2D eigenvalue weighted by Gasteiger charge is 2.11. The zero-order valence-corrected chi connectivity index (χ0v) is 12.6. The fourth-order valence-electron chi connectivity index (χ4n) is 1.89. The van der Waals surface area contributed by atoms with Crippen LogP contribution in [0.5, 0.6) is 0 Å². The van der Waals surface area contributed by atoms with Gasteiger partial charge in [-0.3, -0.25) is 0 Å². The molecule has 108 valence electrons. The fourth-order valence-corrected chi connectivity index (χ4v) is 1.89. The predicted molar refractivity (Wildman–Crippen MR) is 80.4 cm³/mol. The summed E-state index contributed by atoms with van der Waals surface area (Å²) in [5, 5.41) is 12.3. The summed E-state index contributed by atoms with van der Waals surface area (Å²) in [7, 11) is 0. The number of rotatable bonds is 8. The Hall–Kier alpha value is -1.13. The van der Waals surface area contributed by atoms with E-state index >= 15 is 0 Å². The third-order valence-corrected chi connectivity index (χ3v) is 3.00. The van der Waals surface area contributed by atoms with Crippen molar-refractivity contribution in [3.63, 3.8) is 0 Å². The van der Waals surface area contributed by atoms with Gasteiger partial charge in [0.05, 0.1) is 0 Å². The minimum Gasteiger partial charge on any atom is -0.396 e. The maximum atomic E-state index is 8.95. The molecule has 4 nitrogen and oxygen atoms in total. The van der Waals surface area contributed by atoms with E-state index in [9.17, 15) is 0 Å². The molecule has 0 aromatic carbocycles. The Kier molecular flexibility index (Phi) is 6.81. The van der Waals surface area contributed by atoms with E-state index in [0.717, 1.165) is 25.3 Å². The van der Waals surface area contributed by atoms with E-state index in [4.69, 9.17) is 5.11 Å². The van der Waals surface area contributed by atoms with Crippen molar-refractivity contribution >= 4 is 5.82 Å². The van der Waals surface area contributed by atoms with Crippen molar-refractivity contribution in [1.29, 1.82) is 0 Å². The average molecular weight is 265 g/mol. The summed E-state index contributed by atoms with van der Waals surface area (Å²) in [6, 6.07) is 5.05. The lowest BCUT2D eigenvalue weighted by atomic mass is 10.2. The zero-order chi connectivity index (χ0) is 14.3. The van der Waals surface area contributed by atoms with Gasteiger partial charge in [-0.2, -0.15) is 0 Å². The van der Waals surface area contributed by atoms with Gasteiger partial charge in [-0.05, 0) is 31.9 Å². The van der Waals surface area contributed by atoms with E-state index in [0.29, 0.717) is 12.1 Å². The molecule has 1 aromatic rings. The smallest absolute Gasteiger partial charge is 0.128 e. The van der Waals surface area contributed by atoms with Crippen LogP contribution in [0.1, 0.15) is 39.7 Å². The highest BCUT2D eigenvalue weighted by molar-refractivity contribution is 5.40. The van der Waals surface area contributed by atoms with Gasteiger partial charge in [-0.25, -0.2) is 4.98 Å². The van der Waals surface area contributed by atoms with E-state index in [1.807, 2.05) is 6.20 Å². The van der Waals surface area contributed by atoms with Crippen LogP contribution < -0.4 is 10.2 Å². The number of aliphatic hydroxyl groups is 1. The van der Waals surface area contributed by atoms with Gasteiger partial charge in [0.2, 0.25) is 0 Å². The van der Waals surface area contributed by atoms with Crippen LogP contribution in [0.4, 0.5) is 5.82 Å². The lowest BCUT2D eigenvalue weighted by molar-refractivity contribution is 0.288. The minimum absolute atomic E-state index is 0.222. The molecule has 0 spiro atoms. The first-order chi connectivity index (χ1) is 9.04. The first-order valence-electron chi connectivity index (χ1n) is 7.10. The molecule has 1 rings (SSSR count). The Labute approximate surface area is 116 Å².